The predicted octanol–water partition coefficient (Wildman–Crippen LogP) is 4.76. The Kier molecular flexibility index (Phi) is 5.63. The summed E-state index contributed by atoms with van der Waals surface area (Å²) in [6.07, 6.45) is -1.89. The molecular formula is C18H16F3NO2. The Balaban J connectivity index is 2.00. The second-order valence-corrected chi connectivity index (χ2v) is 4.90. The van der Waals surface area contributed by atoms with E-state index in [1.165, 1.54) is 24.3 Å². The Hall–Kier alpha value is -2.76. The summed E-state index contributed by atoms with van der Waals surface area (Å²) in [4.78, 5) is 11.8. The highest BCUT2D eigenvalue weighted by atomic mass is 19.4. The average molecular weight is 335 g/mol. The molecule has 0 aliphatic heterocycles. The molecule has 1 N–H and O–H groups in total. The number of benzene rings is 2. The number of amides is 1. The van der Waals surface area contributed by atoms with Crippen molar-refractivity contribution < 1.29 is 22.7 Å². The summed E-state index contributed by atoms with van der Waals surface area (Å²) in [5, 5.41) is 2.62. The van der Waals surface area contributed by atoms with Crippen molar-refractivity contribution in [2.24, 2.45) is 0 Å². The Morgan fingerprint density at radius 2 is 1.88 bits per heavy atom. The van der Waals surface area contributed by atoms with E-state index < -0.39 is 17.6 Å². The molecule has 0 aromatic heterocycles. The summed E-state index contributed by atoms with van der Waals surface area (Å²) in [5.41, 5.74) is 0.111. The van der Waals surface area contributed by atoms with Crippen LogP contribution in [-0.2, 0) is 11.0 Å². The fourth-order valence-corrected chi connectivity index (χ4v) is 1.98. The van der Waals surface area contributed by atoms with E-state index in [1.54, 1.807) is 24.3 Å². The Morgan fingerprint density at radius 1 is 1.17 bits per heavy atom. The van der Waals surface area contributed by atoms with Crippen LogP contribution in [0.25, 0.3) is 6.08 Å². The van der Waals surface area contributed by atoms with Gasteiger partial charge in [-0.1, -0.05) is 12.1 Å². The number of carbonyl (C=O) groups excluding carboxylic acids is 1. The predicted molar refractivity (Wildman–Crippen MR) is 86.7 cm³/mol. The van der Waals surface area contributed by atoms with Crippen LogP contribution in [-0.4, -0.2) is 12.5 Å². The minimum absolute atomic E-state index is 0.298. The van der Waals surface area contributed by atoms with Gasteiger partial charge in [-0.3, -0.25) is 4.79 Å². The molecule has 0 aliphatic carbocycles. The first-order chi connectivity index (χ1) is 11.4. The third kappa shape index (κ3) is 5.15. The van der Waals surface area contributed by atoms with Gasteiger partial charge in [-0.25, -0.2) is 0 Å². The molecule has 0 saturated carbocycles. The maximum atomic E-state index is 12.6. The molecule has 6 heteroatoms. The molecule has 0 radical (unpaired) electrons. The fourth-order valence-electron chi connectivity index (χ4n) is 1.98. The first-order valence-corrected chi connectivity index (χ1v) is 7.27. The molecule has 2 aromatic carbocycles. The molecule has 126 valence electrons. The topological polar surface area (TPSA) is 38.3 Å². The van der Waals surface area contributed by atoms with E-state index in [0.717, 1.165) is 12.1 Å². The van der Waals surface area contributed by atoms with Crippen LogP contribution in [0, 0.1) is 0 Å². The molecule has 0 saturated heterocycles. The average Bonchev–Trinajstić information content (AvgIpc) is 2.55. The highest BCUT2D eigenvalue weighted by Gasteiger charge is 2.30. The van der Waals surface area contributed by atoms with Gasteiger partial charge in [-0.2, -0.15) is 13.2 Å². The van der Waals surface area contributed by atoms with Crippen LogP contribution in [0.15, 0.2) is 54.6 Å². The maximum absolute atomic E-state index is 12.6. The summed E-state index contributed by atoms with van der Waals surface area (Å²) in [6, 6.07) is 11.6. The van der Waals surface area contributed by atoms with E-state index in [9.17, 15) is 18.0 Å². The fraction of sp³-hybridized carbons (Fsp3) is 0.167. The van der Waals surface area contributed by atoms with Crippen molar-refractivity contribution in [2.75, 3.05) is 11.9 Å². The lowest BCUT2D eigenvalue weighted by molar-refractivity contribution is -0.137. The molecule has 0 unspecified atom stereocenters. The van der Waals surface area contributed by atoms with Crippen molar-refractivity contribution in [3.63, 3.8) is 0 Å². The van der Waals surface area contributed by atoms with Crippen LogP contribution in [0.2, 0.25) is 0 Å². The lowest BCUT2D eigenvalue weighted by Gasteiger charge is -2.07. The minimum Gasteiger partial charge on any atom is -0.494 e. The van der Waals surface area contributed by atoms with Crippen LogP contribution in [0.3, 0.4) is 0 Å². The van der Waals surface area contributed by atoms with Crippen molar-refractivity contribution in [3.05, 3.63) is 65.7 Å². The van der Waals surface area contributed by atoms with Crippen molar-refractivity contribution in [1.82, 2.24) is 0 Å². The molecule has 1 amide bonds. The zero-order valence-electron chi connectivity index (χ0n) is 12.9. The molecule has 24 heavy (non-hydrogen) atoms. The number of anilines is 1. The van der Waals surface area contributed by atoms with Crippen LogP contribution in [0.4, 0.5) is 18.9 Å². The standard InChI is InChI=1S/C18H16F3NO2/c1-2-24-16-9-7-15(8-10-16)22-17(23)11-6-13-4-3-5-14(12-13)18(19,20)21/h3-12H,2H2,1H3,(H,22,23)/b11-6+. The lowest BCUT2D eigenvalue weighted by Crippen LogP contribution is -2.07. The number of carbonyl (C=O) groups is 1. The largest absolute Gasteiger partial charge is 0.494 e. The van der Waals surface area contributed by atoms with Crippen LogP contribution < -0.4 is 10.1 Å². The highest BCUT2D eigenvalue weighted by molar-refractivity contribution is 6.01. The zero-order chi connectivity index (χ0) is 17.6. The number of nitrogens with one attached hydrogen (secondary N) is 1. The first-order valence-electron chi connectivity index (χ1n) is 7.27. The molecule has 0 aliphatic rings. The molecular weight excluding hydrogens is 319 g/mol. The summed E-state index contributed by atoms with van der Waals surface area (Å²) >= 11 is 0. The molecule has 3 nitrogen and oxygen atoms in total. The number of halogens is 3. The zero-order valence-corrected chi connectivity index (χ0v) is 12.9. The van der Waals surface area contributed by atoms with E-state index >= 15 is 0 Å². The Bertz CT molecular complexity index is 722. The van der Waals surface area contributed by atoms with Crippen molar-refractivity contribution in [1.29, 1.82) is 0 Å². The van der Waals surface area contributed by atoms with Gasteiger partial charge in [-0.05, 0) is 55.0 Å². The van der Waals surface area contributed by atoms with E-state index in [-0.39, 0.29) is 0 Å². The molecule has 0 fully saturated rings. The number of rotatable bonds is 5. The maximum Gasteiger partial charge on any atom is 0.416 e. The van der Waals surface area contributed by atoms with Crippen molar-refractivity contribution in [2.45, 2.75) is 13.1 Å². The molecule has 0 bridgehead atoms. The summed E-state index contributed by atoms with van der Waals surface area (Å²) in [5.74, 6) is 0.256. The summed E-state index contributed by atoms with van der Waals surface area (Å²) < 4.78 is 43.2. The first kappa shape index (κ1) is 17.6. The molecule has 2 rings (SSSR count). The van der Waals surface area contributed by atoms with Gasteiger partial charge in [0.2, 0.25) is 5.91 Å². The van der Waals surface area contributed by atoms with Gasteiger partial charge < -0.3 is 10.1 Å². The van der Waals surface area contributed by atoms with E-state index in [4.69, 9.17) is 4.74 Å². The lowest BCUT2D eigenvalue weighted by atomic mass is 10.1. The van der Waals surface area contributed by atoms with Crippen molar-refractivity contribution in [3.8, 4) is 5.75 Å². The van der Waals surface area contributed by atoms with Crippen LogP contribution >= 0.6 is 0 Å². The van der Waals surface area contributed by atoms with Gasteiger partial charge in [0.25, 0.3) is 0 Å². The molecule has 2 aromatic rings. The summed E-state index contributed by atoms with van der Waals surface area (Å²) in [6.45, 7) is 2.42. The molecule has 0 atom stereocenters. The van der Waals surface area contributed by atoms with Crippen molar-refractivity contribution >= 4 is 17.7 Å². The normalized spacial score (nSPS) is 11.5. The number of hydrogen-bond acceptors (Lipinski definition) is 2. The quantitative estimate of drug-likeness (QED) is 0.800. The number of ether oxygens (including phenoxy) is 1. The van der Waals surface area contributed by atoms with Gasteiger partial charge in [0.05, 0.1) is 12.2 Å². The van der Waals surface area contributed by atoms with E-state index in [1.807, 2.05) is 6.92 Å². The van der Waals surface area contributed by atoms with Gasteiger partial charge in [0.1, 0.15) is 5.75 Å². The molecule has 0 heterocycles. The second-order valence-electron chi connectivity index (χ2n) is 4.90. The third-order valence-corrected chi connectivity index (χ3v) is 3.07. The van der Waals surface area contributed by atoms with Crippen LogP contribution in [0.1, 0.15) is 18.1 Å². The van der Waals surface area contributed by atoms with Gasteiger partial charge >= 0.3 is 6.18 Å². The SMILES string of the molecule is CCOc1ccc(NC(=O)/C=C/c2cccc(C(F)(F)F)c2)cc1. The number of hydrogen-bond donors (Lipinski definition) is 1. The molecule has 0 spiro atoms. The smallest absolute Gasteiger partial charge is 0.416 e. The second kappa shape index (κ2) is 7.68. The Labute approximate surface area is 137 Å². The van der Waals surface area contributed by atoms with Gasteiger partial charge in [-0.15, -0.1) is 0 Å². The van der Waals surface area contributed by atoms with Crippen LogP contribution in [0.5, 0.6) is 5.75 Å². The summed E-state index contributed by atoms with van der Waals surface area (Å²) in [7, 11) is 0. The Morgan fingerprint density at radius 3 is 2.50 bits per heavy atom. The van der Waals surface area contributed by atoms with E-state index in [0.29, 0.717) is 23.6 Å². The monoisotopic (exact) mass is 335 g/mol. The third-order valence-electron chi connectivity index (χ3n) is 3.07. The van der Waals surface area contributed by atoms with Gasteiger partial charge in [0.15, 0.2) is 0 Å². The van der Waals surface area contributed by atoms with Gasteiger partial charge in [0, 0.05) is 11.8 Å². The van der Waals surface area contributed by atoms with E-state index in [2.05, 4.69) is 5.32 Å². The minimum atomic E-state index is -4.41. The number of alkyl halides is 3. The highest BCUT2D eigenvalue weighted by Crippen LogP contribution is 2.29.